The molecule has 82 valence electrons. The van der Waals surface area contributed by atoms with Gasteiger partial charge in [-0.3, -0.25) is 9.59 Å². The number of aliphatic carboxylic acids is 1. The molecular weight excluding hydrogens is 188 g/mol. The molecule has 1 unspecified atom stereocenters. The van der Waals surface area contributed by atoms with Crippen LogP contribution in [-0.2, 0) is 9.59 Å². The van der Waals surface area contributed by atoms with Gasteiger partial charge in [-0.2, -0.15) is 0 Å². The number of carboxylic acid groups (broad SMARTS) is 1. The highest BCUT2D eigenvalue weighted by atomic mass is 16.4. The van der Waals surface area contributed by atoms with Crippen LogP contribution in [0.5, 0.6) is 0 Å². The molecule has 14 heavy (non-hydrogen) atoms. The van der Waals surface area contributed by atoms with Gasteiger partial charge >= 0.3 is 5.97 Å². The molecule has 2 atom stereocenters. The molecule has 1 amide bonds. The summed E-state index contributed by atoms with van der Waals surface area (Å²) in [6.45, 7) is 1.66. The summed E-state index contributed by atoms with van der Waals surface area (Å²) in [5.74, 6) is -1.42. The van der Waals surface area contributed by atoms with Gasteiger partial charge in [-0.1, -0.05) is 0 Å². The third kappa shape index (κ3) is 6.38. The average molecular weight is 204 g/mol. The van der Waals surface area contributed by atoms with Crippen molar-refractivity contribution in [2.75, 3.05) is 6.54 Å². The summed E-state index contributed by atoms with van der Waals surface area (Å²) in [6, 6.07) is -0.829. The standard InChI is InChI=1S/C8H16N2O4/c1-5(11)4-10-8(14)6(9)2-3-7(12)13/h5-6,11H,2-4,9H2,1H3,(H,10,14)(H,12,13)/t5-,6?/m0/s1. The molecule has 0 bridgehead atoms. The van der Waals surface area contributed by atoms with Crippen molar-refractivity contribution < 1.29 is 19.8 Å². The van der Waals surface area contributed by atoms with Gasteiger partial charge in [-0.05, 0) is 13.3 Å². The van der Waals surface area contributed by atoms with Gasteiger partial charge in [0.2, 0.25) is 5.91 Å². The van der Waals surface area contributed by atoms with E-state index in [9.17, 15) is 9.59 Å². The molecule has 0 aliphatic carbocycles. The fraction of sp³-hybridized carbons (Fsp3) is 0.750. The SMILES string of the molecule is C[C@H](O)CNC(=O)C(N)CCC(=O)O. The van der Waals surface area contributed by atoms with Gasteiger partial charge in [-0.15, -0.1) is 0 Å². The molecule has 0 fully saturated rings. The lowest BCUT2D eigenvalue weighted by Gasteiger charge is -2.11. The Morgan fingerprint density at radius 3 is 2.50 bits per heavy atom. The number of amides is 1. The fourth-order valence-corrected chi connectivity index (χ4v) is 0.789. The zero-order chi connectivity index (χ0) is 11.1. The molecule has 0 aromatic carbocycles. The molecule has 0 saturated carbocycles. The van der Waals surface area contributed by atoms with Crippen LogP contribution in [0, 0.1) is 0 Å². The van der Waals surface area contributed by atoms with E-state index in [1.807, 2.05) is 0 Å². The highest BCUT2D eigenvalue weighted by Gasteiger charge is 2.14. The van der Waals surface area contributed by atoms with Crippen molar-refractivity contribution >= 4 is 11.9 Å². The van der Waals surface area contributed by atoms with E-state index >= 15 is 0 Å². The summed E-state index contributed by atoms with van der Waals surface area (Å²) in [5, 5.41) is 19.6. The number of hydrogen-bond acceptors (Lipinski definition) is 4. The second-order valence-electron chi connectivity index (χ2n) is 3.13. The summed E-state index contributed by atoms with van der Waals surface area (Å²) < 4.78 is 0. The number of rotatable bonds is 6. The normalized spacial score (nSPS) is 14.5. The molecule has 0 rings (SSSR count). The number of nitrogens with one attached hydrogen (secondary N) is 1. The van der Waals surface area contributed by atoms with Crippen LogP contribution < -0.4 is 11.1 Å². The summed E-state index contributed by atoms with van der Waals surface area (Å²) in [5.41, 5.74) is 5.39. The predicted octanol–water partition coefficient (Wildman–Crippen LogP) is -1.32. The molecule has 6 nitrogen and oxygen atoms in total. The Bertz CT molecular complexity index is 206. The molecule has 5 N–H and O–H groups in total. The van der Waals surface area contributed by atoms with E-state index in [1.165, 1.54) is 6.92 Å². The van der Waals surface area contributed by atoms with Crippen LogP contribution in [0.1, 0.15) is 19.8 Å². The quantitative estimate of drug-likeness (QED) is 0.428. The lowest BCUT2D eigenvalue weighted by molar-refractivity contribution is -0.137. The Kier molecular flexibility index (Phi) is 5.82. The van der Waals surface area contributed by atoms with Gasteiger partial charge in [0.25, 0.3) is 0 Å². The number of aliphatic hydroxyl groups is 1. The van der Waals surface area contributed by atoms with Gasteiger partial charge < -0.3 is 21.3 Å². The van der Waals surface area contributed by atoms with Crippen LogP contribution in [0.2, 0.25) is 0 Å². The number of carbonyl (C=O) groups is 2. The molecule has 0 saturated heterocycles. The predicted molar refractivity (Wildman–Crippen MR) is 49.5 cm³/mol. The van der Waals surface area contributed by atoms with Crippen LogP contribution >= 0.6 is 0 Å². The minimum Gasteiger partial charge on any atom is -0.481 e. The number of carbonyl (C=O) groups excluding carboxylic acids is 1. The van der Waals surface area contributed by atoms with E-state index in [0.29, 0.717) is 0 Å². The van der Waals surface area contributed by atoms with Crippen LogP contribution in [0.25, 0.3) is 0 Å². The van der Waals surface area contributed by atoms with Gasteiger partial charge in [0.1, 0.15) is 0 Å². The topological polar surface area (TPSA) is 113 Å². The highest BCUT2D eigenvalue weighted by molar-refractivity contribution is 5.82. The molecule has 0 spiro atoms. The van der Waals surface area contributed by atoms with Crippen LogP contribution in [0.15, 0.2) is 0 Å². The second-order valence-corrected chi connectivity index (χ2v) is 3.13. The third-order valence-electron chi connectivity index (χ3n) is 1.58. The number of nitrogens with two attached hydrogens (primary N) is 1. The molecular formula is C8H16N2O4. The van der Waals surface area contributed by atoms with Crippen LogP contribution in [0.4, 0.5) is 0 Å². The van der Waals surface area contributed by atoms with Crippen LogP contribution in [0.3, 0.4) is 0 Å². The Morgan fingerprint density at radius 1 is 1.50 bits per heavy atom. The zero-order valence-electron chi connectivity index (χ0n) is 8.06. The largest absolute Gasteiger partial charge is 0.481 e. The Morgan fingerprint density at radius 2 is 2.07 bits per heavy atom. The second kappa shape index (κ2) is 6.33. The Balaban J connectivity index is 3.70. The maximum absolute atomic E-state index is 11.1. The Labute approximate surface area is 82.1 Å². The molecule has 6 heteroatoms. The molecule has 0 aromatic heterocycles. The maximum atomic E-state index is 11.1. The van der Waals surface area contributed by atoms with E-state index in [2.05, 4.69) is 5.32 Å². The first-order valence-electron chi connectivity index (χ1n) is 4.36. The van der Waals surface area contributed by atoms with Crippen LogP contribution in [-0.4, -0.2) is 40.8 Å². The Hall–Kier alpha value is -1.14. The van der Waals surface area contributed by atoms with Crippen molar-refractivity contribution in [2.24, 2.45) is 5.73 Å². The van der Waals surface area contributed by atoms with E-state index in [1.54, 1.807) is 0 Å². The summed E-state index contributed by atoms with van der Waals surface area (Å²) >= 11 is 0. The molecule has 0 radical (unpaired) electrons. The van der Waals surface area contributed by atoms with E-state index in [4.69, 9.17) is 15.9 Å². The fourth-order valence-electron chi connectivity index (χ4n) is 0.789. The summed E-state index contributed by atoms with van der Waals surface area (Å²) in [6.07, 6.45) is -0.671. The molecule has 0 aromatic rings. The van der Waals surface area contributed by atoms with E-state index in [0.717, 1.165) is 0 Å². The minimum absolute atomic E-state index is 0.0982. The smallest absolute Gasteiger partial charge is 0.303 e. The third-order valence-corrected chi connectivity index (χ3v) is 1.58. The maximum Gasteiger partial charge on any atom is 0.303 e. The first-order chi connectivity index (χ1) is 6.43. The lowest BCUT2D eigenvalue weighted by Crippen LogP contribution is -2.43. The van der Waals surface area contributed by atoms with Gasteiger partial charge in [0.05, 0.1) is 12.1 Å². The van der Waals surface area contributed by atoms with Crippen molar-refractivity contribution in [3.63, 3.8) is 0 Å². The van der Waals surface area contributed by atoms with Crippen molar-refractivity contribution in [2.45, 2.75) is 31.9 Å². The first kappa shape index (κ1) is 12.9. The van der Waals surface area contributed by atoms with E-state index < -0.39 is 24.0 Å². The first-order valence-corrected chi connectivity index (χ1v) is 4.36. The summed E-state index contributed by atoms with van der Waals surface area (Å²) in [7, 11) is 0. The van der Waals surface area contributed by atoms with Gasteiger partial charge in [0.15, 0.2) is 0 Å². The number of carboxylic acids is 1. The number of hydrogen-bond donors (Lipinski definition) is 4. The monoisotopic (exact) mass is 204 g/mol. The van der Waals surface area contributed by atoms with Crippen molar-refractivity contribution in [3.8, 4) is 0 Å². The number of aliphatic hydroxyl groups excluding tert-OH is 1. The molecule has 0 aliphatic heterocycles. The zero-order valence-corrected chi connectivity index (χ0v) is 8.06. The average Bonchev–Trinajstić information content (AvgIpc) is 2.09. The van der Waals surface area contributed by atoms with Crippen molar-refractivity contribution in [1.29, 1.82) is 0 Å². The van der Waals surface area contributed by atoms with Crippen molar-refractivity contribution in [1.82, 2.24) is 5.32 Å². The molecule has 0 heterocycles. The summed E-state index contributed by atoms with van der Waals surface area (Å²) in [4.78, 5) is 21.3. The molecule has 0 aliphatic rings. The minimum atomic E-state index is -0.983. The lowest BCUT2D eigenvalue weighted by atomic mass is 10.1. The van der Waals surface area contributed by atoms with Gasteiger partial charge in [-0.25, -0.2) is 0 Å². The van der Waals surface area contributed by atoms with E-state index in [-0.39, 0.29) is 19.4 Å². The van der Waals surface area contributed by atoms with Gasteiger partial charge in [0, 0.05) is 13.0 Å². The van der Waals surface area contributed by atoms with Crippen molar-refractivity contribution in [3.05, 3.63) is 0 Å². The highest BCUT2D eigenvalue weighted by Crippen LogP contribution is 1.94.